The lowest BCUT2D eigenvalue weighted by Gasteiger charge is -2.30. The van der Waals surface area contributed by atoms with Gasteiger partial charge in [0.15, 0.2) is 0 Å². The Bertz CT molecular complexity index is 2870. The van der Waals surface area contributed by atoms with E-state index in [9.17, 15) is 0 Å². The first-order valence-corrected chi connectivity index (χ1v) is 25.9. The van der Waals surface area contributed by atoms with Gasteiger partial charge in [0.25, 0.3) is 8.38 Å². The van der Waals surface area contributed by atoms with Crippen LogP contribution >= 0.6 is 16.6 Å². The summed E-state index contributed by atoms with van der Waals surface area (Å²) in [6, 6.07) is 34.4. The molecule has 0 aliphatic carbocycles. The third-order valence-electron chi connectivity index (χ3n) is 12.1. The number of aryl methyl sites for hydroxylation is 5. The van der Waals surface area contributed by atoms with Crippen molar-refractivity contribution in [2.75, 3.05) is 7.11 Å². The Morgan fingerprint density at radius 3 is 1.45 bits per heavy atom. The van der Waals surface area contributed by atoms with Crippen molar-refractivity contribution in [2.24, 2.45) is 0 Å². The average Bonchev–Trinajstić information content (AvgIpc) is 3.35. The van der Waals surface area contributed by atoms with Crippen LogP contribution in [0.5, 0.6) is 23.0 Å². The first kappa shape index (κ1) is 49.7. The van der Waals surface area contributed by atoms with Crippen molar-refractivity contribution >= 4 is 38.6 Å². The molecule has 1 aromatic heterocycles. The summed E-state index contributed by atoms with van der Waals surface area (Å²) in [5.74, 6) is 2.86. The summed E-state index contributed by atoms with van der Waals surface area (Å²) in [7, 11) is -1.97. The molecule has 0 aliphatic heterocycles. The molecule has 1 heterocycles. The highest BCUT2D eigenvalue weighted by molar-refractivity contribution is 7.47. The van der Waals surface area contributed by atoms with Gasteiger partial charge in [0, 0.05) is 44.2 Å². The molecule has 0 saturated heterocycles. The average molecular weight is 939 g/mol. The van der Waals surface area contributed by atoms with Gasteiger partial charge in [-0.25, -0.2) is 0 Å². The summed E-state index contributed by atoms with van der Waals surface area (Å²) >= 11 is 0. The molecule has 0 radical (unpaired) electrons. The summed E-state index contributed by atoms with van der Waals surface area (Å²) in [5.41, 5.74) is 13.1. The summed E-state index contributed by atoms with van der Waals surface area (Å²) in [5, 5.41) is 2.02. The Morgan fingerprint density at radius 2 is 0.940 bits per heavy atom. The molecule has 0 N–H and O–H groups in total. The van der Waals surface area contributed by atoms with Crippen molar-refractivity contribution in [1.29, 1.82) is 0 Å². The molecule has 67 heavy (non-hydrogen) atoms. The van der Waals surface area contributed by atoms with E-state index in [1.165, 1.54) is 5.56 Å². The zero-order valence-corrected chi connectivity index (χ0v) is 45.1. The van der Waals surface area contributed by atoms with E-state index in [2.05, 4.69) is 203 Å². The van der Waals surface area contributed by atoms with Gasteiger partial charge in [-0.1, -0.05) is 143 Å². The van der Waals surface area contributed by atoms with Crippen LogP contribution < -0.4 is 18.3 Å². The topological polar surface area (TPSA) is 63.2 Å². The molecular formula is C59H72O6P2. The molecule has 8 heteroatoms. The predicted molar refractivity (Wildman–Crippen MR) is 284 cm³/mol. The molecule has 0 amide bonds. The fraction of sp³-hybridized carbons (Fsp3) is 0.390. The monoisotopic (exact) mass is 938 g/mol. The van der Waals surface area contributed by atoms with Gasteiger partial charge in [-0.15, -0.1) is 0 Å². The third kappa shape index (κ3) is 11.3. The molecule has 6 aromatic carbocycles. The van der Waals surface area contributed by atoms with Gasteiger partial charge >= 0.3 is 8.24 Å². The zero-order valence-electron chi connectivity index (χ0n) is 43.3. The number of hydrogen-bond acceptors (Lipinski definition) is 6. The number of ether oxygens (including phenoxy) is 1. The standard InChI is InChI=1S/C59H72O6P2/c1-36-21-19-23-41(25-36)35-66(61-42-24-20-22-37(2)26-42)62-52-46(29-40(5)30-48(52)56(6,7)8)47-33-43(60-18)34-51(59(15,16)17)55(47)65-67-63-53-44(27-38(3)31-49(53)57(9,10)11)45-28-39(4)32-50(54(45)64-67)58(12,13)14/h19-34H,35H2,1-18H3. The van der Waals surface area contributed by atoms with Crippen molar-refractivity contribution in [3.63, 3.8) is 0 Å². The molecule has 354 valence electrons. The van der Waals surface area contributed by atoms with Crippen molar-refractivity contribution < 1.29 is 26.7 Å². The second kappa shape index (κ2) is 18.7. The van der Waals surface area contributed by atoms with Crippen molar-refractivity contribution in [2.45, 2.75) is 146 Å². The predicted octanol–water partition coefficient (Wildman–Crippen LogP) is 18.5. The van der Waals surface area contributed by atoms with Crippen LogP contribution in [0, 0.1) is 34.6 Å². The fourth-order valence-electron chi connectivity index (χ4n) is 8.68. The van der Waals surface area contributed by atoms with Crippen LogP contribution in [0.1, 0.15) is 139 Å². The van der Waals surface area contributed by atoms with Gasteiger partial charge in [-0.2, -0.15) is 0 Å². The van der Waals surface area contributed by atoms with Gasteiger partial charge in [-0.05, 0) is 127 Å². The van der Waals surface area contributed by atoms with Gasteiger partial charge in [0.05, 0.1) is 13.3 Å². The summed E-state index contributed by atoms with van der Waals surface area (Å²) in [4.78, 5) is 0. The van der Waals surface area contributed by atoms with E-state index >= 15 is 0 Å². The molecule has 0 saturated carbocycles. The first-order valence-electron chi connectivity index (χ1n) is 23.5. The number of benzene rings is 6. The number of hydrogen-bond donors (Lipinski definition) is 0. The van der Waals surface area contributed by atoms with Gasteiger partial charge in [0.1, 0.15) is 34.2 Å². The second-order valence-corrected chi connectivity index (χ2v) is 24.9. The van der Waals surface area contributed by atoms with Gasteiger partial charge < -0.3 is 26.7 Å². The van der Waals surface area contributed by atoms with E-state index in [1.54, 1.807) is 7.11 Å². The van der Waals surface area contributed by atoms with Crippen LogP contribution in [-0.2, 0) is 27.8 Å². The molecular weight excluding hydrogens is 867 g/mol. The van der Waals surface area contributed by atoms with E-state index in [4.69, 9.17) is 26.7 Å². The highest BCUT2D eigenvalue weighted by Gasteiger charge is 2.33. The maximum atomic E-state index is 7.51. The van der Waals surface area contributed by atoms with Crippen LogP contribution in [0.3, 0.4) is 0 Å². The lowest BCUT2D eigenvalue weighted by atomic mass is 9.81. The van der Waals surface area contributed by atoms with Crippen molar-refractivity contribution in [3.8, 4) is 34.1 Å². The molecule has 1 unspecified atom stereocenters. The largest absolute Gasteiger partial charge is 0.497 e. The Morgan fingerprint density at radius 1 is 0.463 bits per heavy atom. The maximum absolute atomic E-state index is 7.51. The number of fused-ring (bicyclic) bond motifs is 3. The van der Waals surface area contributed by atoms with Crippen molar-refractivity contribution in [3.05, 3.63) is 153 Å². The smallest absolute Gasteiger partial charge is 0.453 e. The van der Waals surface area contributed by atoms with Crippen LogP contribution in [0.2, 0.25) is 0 Å². The van der Waals surface area contributed by atoms with Crippen LogP contribution in [-0.4, -0.2) is 7.11 Å². The molecule has 7 aromatic rings. The van der Waals surface area contributed by atoms with E-state index in [0.717, 1.165) is 94.6 Å². The van der Waals surface area contributed by atoms with Gasteiger partial charge in [-0.3, -0.25) is 0 Å². The van der Waals surface area contributed by atoms with E-state index in [1.807, 2.05) is 12.1 Å². The highest BCUT2D eigenvalue weighted by Crippen LogP contribution is 2.55. The minimum Gasteiger partial charge on any atom is -0.497 e. The Hall–Kier alpha value is -5.15. The molecule has 0 bridgehead atoms. The minimum absolute atomic E-state index is 0.241. The van der Waals surface area contributed by atoms with Gasteiger partial charge in [0.2, 0.25) is 0 Å². The molecule has 0 aliphatic rings. The summed E-state index contributed by atoms with van der Waals surface area (Å²) in [6.45, 7) is 37.4. The van der Waals surface area contributed by atoms with Crippen LogP contribution in [0.25, 0.3) is 33.1 Å². The third-order valence-corrected chi connectivity index (χ3v) is 14.5. The minimum atomic E-state index is -2.12. The SMILES string of the molecule is COc1cc(-c2cc(C)cc(C(C)(C)C)c2OP(Cc2cccc(C)c2)Oc2cccc(C)c2)c(Op2oc3c(C(C)(C)C)cc(C)cc3c3cc(C)cc(C(C)(C)C)c3o2)c(C(C)(C)C)c1. The van der Waals surface area contributed by atoms with Crippen LogP contribution in [0.15, 0.2) is 105 Å². The highest BCUT2D eigenvalue weighted by atomic mass is 31.2. The molecule has 0 fully saturated rings. The lowest BCUT2D eigenvalue weighted by molar-refractivity contribution is 0.410. The van der Waals surface area contributed by atoms with E-state index < -0.39 is 22.0 Å². The first-order chi connectivity index (χ1) is 31.2. The molecule has 0 spiro atoms. The summed E-state index contributed by atoms with van der Waals surface area (Å²) < 4.78 is 42.6. The maximum Gasteiger partial charge on any atom is 0.453 e. The normalized spacial score (nSPS) is 12.9. The van der Waals surface area contributed by atoms with Crippen molar-refractivity contribution in [1.82, 2.24) is 0 Å². The Balaban J connectivity index is 1.57. The second-order valence-electron chi connectivity index (χ2n) is 22.6. The fourth-order valence-corrected chi connectivity index (χ4v) is 11.2. The summed E-state index contributed by atoms with van der Waals surface area (Å²) in [6.07, 6.45) is 0.577. The number of rotatable bonds is 10. The number of methoxy groups -OCH3 is 1. The quantitative estimate of drug-likeness (QED) is 0.127. The Labute approximate surface area is 403 Å². The van der Waals surface area contributed by atoms with E-state index in [0.29, 0.717) is 17.7 Å². The van der Waals surface area contributed by atoms with E-state index in [-0.39, 0.29) is 16.2 Å². The van der Waals surface area contributed by atoms with Crippen LogP contribution in [0.4, 0.5) is 0 Å². The zero-order chi connectivity index (χ0) is 49.0. The molecule has 7 rings (SSSR count). The molecule has 6 nitrogen and oxygen atoms in total. The molecule has 1 atom stereocenters. The Kier molecular flexibility index (Phi) is 13.9. The lowest BCUT2D eigenvalue weighted by Crippen LogP contribution is -2.16.